The maximum atomic E-state index is 13.5. The molecule has 130 valence electrons. The quantitative estimate of drug-likeness (QED) is 0.724. The van der Waals surface area contributed by atoms with Gasteiger partial charge >= 0.3 is 0 Å². The molecule has 1 N–H and O–H groups in total. The number of rotatable bonds is 4. The Kier molecular flexibility index (Phi) is 3.95. The summed E-state index contributed by atoms with van der Waals surface area (Å²) in [6.07, 6.45) is 2.80. The van der Waals surface area contributed by atoms with Gasteiger partial charge in [0.05, 0.1) is 11.3 Å². The first kappa shape index (κ1) is 16.4. The van der Waals surface area contributed by atoms with Gasteiger partial charge in [0.1, 0.15) is 0 Å². The van der Waals surface area contributed by atoms with Crippen LogP contribution in [0.3, 0.4) is 0 Å². The van der Waals surface area contributed by atoms with Crippen molar-refractivity contribution in [2.75, 3.05) is 5.75 Å². The van der Waals surface area contributed by atoms with Crippen LogP contribution in [0, 0.1) is 0 Å². The maximum absolute atomic E-state index is 13.5. The van der Waals surface area contributed by atoms with Gasteiger partial charge in [0.2, 0.25) is 5.78 Å². The lowest BCUT2D eigenvalue weighted by atomic mass is 9.69. The van der Waals surface area contributed by atoms with Gasteiger partial charge in [0.25, 0.3) is 5.56 Å². The number of H-pyrrole nitrogens is 1. The molecule has 3 aromatic rings. The Labute approximate surface area is 150 Å². The van der Waals surface area contributed by atoms with Gasteiger partial charge in [-0.25, -0.2) is 14.5 Å². The number of hydrogen-bond donors (Lipinski definition) is 1. The summed E-state index contributed by atoms with van der Waals surface area (Å²) >= 11 is 1.60. The maximum Gasteiger partial charge on any atom is 0.265 e. The summed E-state index contributed by atoms with van der Waals surface area (Å²) < 4.78 is 1.65. The molecule has 0 saturated carbocycles. The molecule has 0 saturated heterocycles. The molecule has 1 aliphatic rings. The summed E-state index contributed by atoms with van der Waals surface area (Å²) in [5.74, 6) is 1.45. The van der Waals surface area contributed by atoms with Crippen molar-refractivity contribution in [2.45, 2.75) is 50.6 Å². The summed E-state index contributed by atoms with van der Waals surface area (Å²) in [7, 11) is 0. The van der Waals surface area contributed by atoms with Crippen LogP contribution in [0.25, 0.3) is 17.0 Å². The fraction of sp³-hybridized carbons (Fsp3) is 0.421. The number of nitrogens with one attached hydrogen (secondary N) is 1. The molecule has 1 aromatic carbocycles. The van der Waals surface area contributed by atoms with Crippen molar-refractivity contribution < 1.29 is 0 Å². The third-order valence-electron chi connectivity index (χ3n) is 5.20. The molecule has 5 nitrogen and oxygen atoms in total. The molecular weight excluding hydrogens is 332 g/mol. The second kappa shape index (κ2) is 6.02. The van der Waals surface area contributed by atoms with E-state index in [1.165, 1.54) is 5.56 Å². The van der Waals surface area contributed by atoms with E-state index in [0.29, 0.717) is 10.9 Å². The third-order valence-corrected chi connectivity index (χ3v) is 6.34. The molecule has 2 aromatic heterocycles. The minimum atomic E-state index is -0.209. The molecule has 1 aliphatic carbocycles. The SMILES string of the molecule is CCCSc1n[nH]c2nc3c(c(=O)n12)C(C)(CC)Cc1ccccc1-3. The predicted molar refractivity (Wildman–Crippen MR) is 101 cm³/mol. The molecule has 2 heterocycles. The Hall–Kier alpha value is -2.08. The Morgan fingerprint density at radius 1 is 1.32 bits per heavy atom. The van der Waals surface area contributed by atoms with Crippen molar-refractivity contribution in [3.63, 3.8) is 0 Å². The second-order valence-corrected chi connectivity index (χ2v) is 7.96. The first-order chi connectivity index (χ1) is 12.1. The molecule has 0 aliphatic heterocycles. The van der Waals surface area contributed by atoms with E-state index in [4.69, 9.17) is 4.98 Å². The fourth-order valence-corrected chi connectivity index (χ4v) is 4.46. The molecule has 6 heteroatoms. The number of aromatic nitrogens is 4. The van der Waals surface area contributed by atoms with Crippen LogP contribution in [0.1, 0.15) is 44.7 Å². The minimum absolute atomic E-state index is 0.0196. The number of aromatic amines is 1. The van der Waals surface area contributed by atoms with Crippen LogP contribution in [0.2, 0.25) is 0 Å². The highest BCUT2D eigenvalue weighted by Crippen LogP contribution is 2.42. The molecule has 0 radical (unpaired) electrons. The van der Waals surface area contributed by atoms with Crippen LogP contribution >= 0.6 is 11.8 Å². The zero-order chi connectivity index (χ0) is 17.6. The molecular formula is C19H22N4OS. The zero-order valence-corrected chi connectivity index (χ0v) is 15.6. The van der Waals surface area contributed by atoms with Gasteiger partial charge in [0, 0.05) is 16.7 Å². The van der Waals surface area contributed by atoms with Crippen LogP contribution in [0.5, 0.6) is 0 Å². The number of nitrogens with zero attached hydrogens (tertiary/aromatic N) is 3. The highest BCUT2D eigenvalue weighted by atomic mass is 32.2. The molecule has 1 atom stereocenters. The minimum Gasteiger partial charge on any atom is -0.268 e. The molecule has 1 unspecified atom stereocenters. The lowest BCUT2D eigenvalue weighted by molar-refractivity contribution is 0.439. The number of hydrogen-bond acceptors (Lipinski definition) is 4. The average Bonchev–Trinajstić information content (AvgIpc) is 3.03. The molecule has 4 rings (SSSR count). The topological polar surface area (TPSA) is 63.0 Å². The van der Waals surface area contributed by atoms with Crippen molar-refractivity contribution in [1.82, 2.24) is 19.6 Å². The Balaban J connectivity index is 2.05. The summed E-state index contributed by atoms with van der Waals surface area (Å²) in [4.78, 5) is 18.3. The monoisotopic (exact) mass is 354 g/mol. The lowest BCUT2D eigenvalue weighted by Gasteiger charge is -2.34. The fourth-order valence-electron chi connectivity index (χ4n) is 3.67. The van der Waals surface area contributed by atoms with E-state index in [2.05, 4.69) is 49.2 Å². The van der Waals surface area contributed by atoms with Crippen LogP contribution in [0.15, 0.2) is 34.2 Å². The van der Waals surface area contributed by atoms with Crippen molar-refractivity contribution in [3.8, 4) is 11.3 Å². The number of benzene rings is 1. The van der Waals surface area contributed by atoms with E-state index >= 15 is 0 Å². The molecule has 0 fully saturated rings. The highest BCUT2D eigenvalue weighted by Gasteiger charge is 2.38. The first-order valence-corrected chi connectivity index (χ1v) is 9.80. The molecule has 25 heavy (non-hydrogen) atoms. The van der Waals surface area contributed by atoms with Gasteiger partial charge < -0.3 is 0 Å². The normalized spacial score (nSPS) is 19.0. The summed E-state index contributed by atoms with van der Waals surface area (Å²) in [5, 5.41) is 7.98. The number of thioether (sulfide) groups is 1. The average molecular weight is 354 g/mol. The van der Waals surface area contributed by atoms with Gasteiger partial charge in [-0.05, 0) is 24.8 Å². The van der Waals surface area contributed by atoms with Crippen molar-refractivity contribution in [2.24, 2.45) is 0 Å². The van der Waals surface area contributed by atoms with Crippen molar-refractivity contribution in [3.05, 3.63) is 45.7 Å². The molecule has 0 amide bonds. The van der Waals surface area contributed by atoms with Gasteiger partial charge in [0.15, 0.2) is 5.16 Å². The first-order valence-electron chi connectivity index (χ1n) is 8.81. The van der Waals surface area contributed by atoms with Crippen LogP contribution in [-0.2, 0) is 11.8 Å². The van der Waals surface area contributed by atoms with E-state index in [9.17, 15) is 4.79 Å². The van der Waals surface area contributed by atoms with E-state index in [0.717, 1.165) is 41.8 Å². The van der Waals surface area contributed by atoms with E-state index in [1.807, 2.05) is 6.07 Å². The summed E-state index contributed by atoms with van der Waals surface area (Å²) in [6.45, 7) is 6.44. The summed E-state index contributed by atoms with van der Waals surface area (Å²) in [5.41, 5.74) is 3.78. The standard InChI is InChI=1S/C19H22N4OS/c1-4-10-25-18-22-21-17-20-15-13-9-7-6-8-12(13)11-19(3,5-2)14(15)16(24)23(17)18/h6-9H,4-5,10-11H2,1-3H3,(H,20,21). The Bertz CT molecular complexity index is 1010. The summed E-state index contributed by atoms with van der Waals surface area (Å²) in [6, 6.07) is 8.28. The van der Waals surface area contributed by atoms with Gasteiger partial charge in [-0.15, -0.1) is 5.10 Å². The van der Waals surface area contributed by atoms with Crippen LogP contribution < -0.4 is 5.56 Å². The second-order valence-electron chi connectivity index (χ2n) is 6.90. The smallest absolute Gasteiger partial charge is 0.265 e. The van der Waals surface area contributed by atoms with Crippen LogP contribution in [0.4, 0.5) is 0 Å². The molecule has 0 spiro atoms. The van der Waals surface area contributed by atoms with Crippen LogP contribution in [-0.4, -0.2) is 25.3 Å². The lowest BCUT2D eigenvalue weighted by Crippen LogP contribution is -2.37. The van der Waals surface area contributed by atoms with Gasteiger partial charge in [-0.3, -0.25) is 4.79 Å². The highest BCUT2D eigenvalue weighted by molar-refractivity contribution is 7.99. The van der Waals surface area contributed by atoms with Crippen molar-refractivity contribution >= 4 is 17.5 Å². The number of fused-ring (bicyclic) bond motifs is 4. The van der Waals surface area contributed by atoms with Gasteiger partial charge in [-0.1, -0.05) is 56.8 Å². The van der Waals surface area contributed by atoms with E-state index in [-0.39, 0.29) is 11.0 Å². The third kappa shape index (κ3) is 2.42. The molecule has 0 bridgehead atoms. The van der Waals surface area contributed by atoms with E-state index < -0.39 is 0 Å². The Morgan fingerprint density at radius 2 is 2.12 bits per heavy atom. The largest absolute Gasteiger partial charge is 0.268 e. The van der Waals surface area contributed by atoms with Gasteiger partial charge in [-0.2, -0.15) is 0 Å². The van der Waals surface area contributed by atoms with Crippen molar-refractivity contribution in [1.29, 1.82) is 0 Å². The predicted octanol–water partition coefficient (Wildman–Crippen LogP) is 3.81. The Morgan fingerprint density at radius 3 is 2.88 bits per heavy atom. The van der Waals surface area contributed by atoms with E-state index in [1.54, 1.807) is 16.2 Å². The zero-order valence-electron chi connectivity index (χ0n) is 14.8.